The Balaban J connectivity index is 0.000000176. The van der Waals surface area contributed by atoms with Crippen molar-refractivity contribution >= 4 is 28.2 Å². The summed E-state index contributed by atoms with van der Waals surface area (Å²) in [7, 11) is 0. The molecule has 0 aliphatic carbocycles. The minimum Gasteiger partial charge on any atom is -0.444 e. The first-order valence-corrected chi connectivity index (χ1v) is 29.1. The number of piperidine rings is 2. The lowest BCUT2D eigenvalue weighted by molar-refractivity contribution is 0.00619. The molecule has 436 valence electrons. The molecular weight excluding hydrogens is 1060 g/mol. The van der Waals surface area contributed by atoms with Gasteiger partial charge in [-0.25, -0.2) is 52.3 Å². The standard InChI is InChI=1S/C34H41F2N7O2.C29H33F2N7/c1-20(2)43-21(3)40-32-27(35)10-24(11-29(32)43)26-12-25(37-16-28(26)36)13-31-38-14-22(15-39-31)17-41-18-23-8-7-9-42(30(23)19-41)33(44)45-34(4,5)6;1-17(2)38-18(3)36-29-24(30)7-21(8-27(29)38)23-9-22(33-13-25(23)31)10-28-34-11-19(12-35-28)14-37-15-20-5-4-6-32-26(20)16-37/h10-12,14-16,20,23,30H,7-9,13,17-19H2,1-6H3;7-9,11-13,17,20,26,32H,4-6,10,14-16H2,1-3H3/t23-,30+;20-,26+/m00/s1. The Morgan fingerprint density at radius 1 is 0.614 bits per heavy atom. The maximum Gasteiger partial charge on any atom is 0.410 e. The van der Waals surface area contributed by atoms with Crippen molar-refractivity contribution in [2.75, 3.05) is 39.3 Å². The van der Waals surface area contributed by atoms with E-state index in [1.54, 1.807) is 24.3 Å². The van der Waals surface area contributed by atoms with Gasteiger partial charge in [0.2, 0.25) is 0 Å². The number of aryl methyl sites for hydroxylation is 2. The number of likely N-dealkylation sites (tertiary alicyclic amines) is 3. The predicted octanol–water partition coefficient (Wildman–Crippen LogP) is 11.3. The Hall–Kier alpha value is -7.29. The van der Waals surface area contributed by atoms with Gasteiger partial charge in [-0.2, -0.15) is 0 Å². The van der Waals surface area contributed by atoms with Crippen LogP contribution in [0.25, 0.3) is 44.3 Å². The van der Waals surface area contributed by atoms with Crippen molar-refractivity contribution in [1.82, 2.24) is 69.0 Å². The van der Waals surface area contributed by atoms with Gasteiger partial charge < -0.3 is 24.1 Å². The van der Waals surface area contributed by atoms with Crippen LogP contribution in [0.1, 0.15) is 132 Å². The third-order valence-electron chi connectivity index (χ3n) is 16.5. The Labute approximate surface area is 482 Å². The number of nitrogens with zero attached hydrogens (tertiary/aromatic N) is 13. The van der Waals surface area contributed by atoms with E-state index in [4.69, 9.17) is 4.74 Å². The minimum atomic E-state index is -0.530. The van der Waals surface area contributed by atoms with Crippen LogP contribution in [-0.2, 0) is 30.7 Å². The monoisotopic (exact) mass is 1130 g/mol. The number of hydrogen-bond acceptors (Lipinski definition) is 13. The van der Waals surface area contributed by atoms with E-state index in [9.17, 15) is 13.6 Å². The van der Waals surface area contributed by atoms with Crippen LogP contribution in [0.5, 0.6) is 0 Å². The SMILES string of the molecule is Cc1nc2c(F)cc(-c3cc(Cc4ncc(CN5C[C@@H]6CCCN(C(=O)OC(C)(C)C)[C@@H]6C5)cn4)ncc3F)cc2n1C(C)C.Cc1nc2c(F)cc(-c3cc(Cc4ncc(CN5C[C@@H]6CCCN[C@@H]6C5)cn4)ncc3F)cc2n1C(C)C. The van der Waals surface area contributed by atoms with Crippen molar-refractivity contribution < 1.29 is 27.1 Å². The Bertz CT molecular complexity index is 3640. The van der Waals surface area contributed by atoms with Crippen molar-refractivity contribution in [1.29, 1.82) is 0 Å². The number of carbonyl (C=O) groups excluding carboxylic acids is 1. The molecule has 10 heterocycles. The van der Waals surface area contributed by atoms with E-state index >= 15 is 8.78 Å². The van der Waals surface area contributed by atoms with Gasteiger partial charge in [0.05, 0.1) is 42.3 Å². The molecule has 1 amide bonds. The van der Waals surface area contributed by atoms with Crippen LogP contribution in [0.15, 0.2) is 73.6 Å². The molecule has 8 aromatic rings. The summed E-state index contributed by atoms with van der Waals surface area (Å²) in [5, 5.41) is 3.64. The fourth-order valence-corrected chi connectivity index (χ4v) is 12.9. The molecule has 0 radical (unpaired) electrons. The first-order valence-electron chi connectivity index (χ1n) is 29.1. The van der Waals surface area contributed by atoms with E-state index in [0.29, 0.717) is 93.4 Å². The Morgan fingerprint density at radius 2 is 1.10 bits per heavy atom. The molecule has 0 saturated carbocycles. The Kier molecular flexibility index (Phi) is 16.5. The second kappa shape index (κ2) is 23.8. The molecule has 4 atom stereocenters. The molecule has 0 bridgehead atoms. The molecular formula is C63H74F4N14O2. The zero-order valence-corrected chi connectivity index (χ0v) is 48.9. The maximum absolute atomic E-state index is 15.1. The summed E-state index contributed by atoms with van der Waals surface area (Å²) in [4.78, 5) is 55.2. The number of fused-ring (bicyclic) bond motifs is 4. The van der Waals surface area contributed by atoms with Gasteiger partial charge in [0.1, 0.15) is 51.6 Å². The van der Waals surface area contributed by atoms with Gasteiger partial charge in [-0.1, -0.05) is 0 Å². The highest BCUT2D eigenvalue weighted by Gasteiger charge is 2.42. The van der Waals surface area contributed by atoms with Crippen LogP contribution in [-0.4, -0.2) is 127 Å². The molecule has 4 aliphatic heterocycles. The summed E-state index contributed by atoms with van der Waals surface area (Å²) in [6, 6.07) is 10.5. The van der Waals surface area contributed by atoms with Gasteiger partial charge in [-0.15, -0.1) is 0 Å². The zero-order valence-electron chi connectivity index (χ0n) is 48.9. The first kappa shape index (κ1) is 57.5. The van der Waals surface area contributed by atoms with Gasteiger partial charge in [0.15, 0.2) is 11.6 Å². The van der Waals surface area contributed by atoms with Crippen molar-refractivity contribution in [3.63, 3.8) is 0 Å². The second-order valence-corrected chi connectivity index (χ2v) is 24.6. The van der Waals surface area contributed by atoms with E-state index in [-0.39, 0.29) is 35.3 Å². The van der Waals surface area contributed by atoms with E-state index in [1.807, 2.05) is 101 Å². The van der Waals surface area contributed by atoms with Crippen molar-refractivity contribution in [2.24, 2.45) is 11.8 Å². The van der Waals surface area contributed by atoms with Gasteiger partial charge in [0, 0.05) is 122 Å². The van der Waals surface area contributed by atoms with Crippen LogP contribution < -0.4 is 5.32 Å². The third kappa shape index (κ3) is 12.6. The summed E-state index contributed by atoms with van der Waals surface area (Å²) in [6.07, 6.45) is 14.8. The molecule has 4 aliphatic rings. The van der Waals surface area contributed by atoms with Gasteiger partial charge in [-0.05, 0) is 154 Å². The van der Waals surface area contributed by atoms with Gasteiger partial charge in [0.25, 0.3) is 0 Å². The maximum atomic E-state index is 15.1. The number of aromatic nitrogens is 10. The lowest BCUT2D eigenvalue weighted by Crippen LogP contribution is -2.50. The number of benzene rings is 2. The van der Waals surface area contributed by atoms with E-state index in [2.05, 4.69) is 55.0 Å². The number of amides is 1. The smallest absolute Gasteiger partial charge is 0.410 e. The minimum absolute atomic E-state index is 0.0733. The van der Waals surface area contributed by atoms with E-state index in [1.165, 1.54) is 37.4 Å². The first-order chi connectivity index (χ1) is 39.7. The topological polar surface area (TPSA) is 161 Å². The summed E-state index contributed by atoms with van der Waals surface area (Å²) >= 11 is 0. The van der Waals surface area contributed by atoms with Crippen LogP contribution in [0.4, 0.5) is 22.4 Å². The van der Waals surface area contributed by atoms with Gasteiger partial charge >= 0.3 is 6.09 Å². The lowest BCUT2D eigenvalue weighted by Gasteiger charge is -2.37. The highest BCUT2D eigenvalue weighted by molar-refractivity contribution is 5.85. The molecule has 2 aromatic carbocycles. The zero-order chi connectivity index (χ0) is 58.4. The highest BCUT2D eigenvalue weighted by Crippen LogP contribution is 2.36. The molecule has 12 rings (SSSR count). The van der Waals surface area contributed by atoms with E-state index < -0.39 is 28.9 Å². The fraction of sp³-hybridized carbons (Fsp3) is 0.476. The van der Waals surface area contributed by atoms with Gasteiger partial charge in [-0.3, -0.25) is 19.8 Å². The highest BCUT2D eigenvalue weighted by atomic mass is 19.1. The number of rotatable bonds is 12. The Morgan fingerprint density at radius 3 is 1.58 bits per heavy atom. The average Bonchev–Trinajstić information content (AvgIpc) is 3.74. The van der Waals surface area contributed by atoms with Crippen molar-refractivity contribution in [3.8, 4) is 22.3 Å². The molecule has 0 unspecified atom stereocenters. The molecule has 4 saturated heterocycles. The number of nitrogens with one attached hydrogen (secondary N) is 1. The number of hydrogen-bond donors (Lipinski definition) is 1. The molecule has 83 heavy (non-hydrogen) atoms. The van der Waals surface area contributed by atoms with Crippen LogP contribution >= 0.6 is 0 Å². The lowest BCUT2D eigenvalue weighted by atomic mass is 9.92. The second-order valence-electron chi connectivity index (χ2n) is 24.6. The summed E-state index contributed by atoms with van der Waals surface area (Å²) in [5.74, 6) is 1.79. The summed E-state index contributed by atoms with van der Waals surface area (Å²) < 4.78 is 69.6. The normalized spacial score (nSPS) is 19.4. The number of halogens is 4. The third-order valence-corrected chi connectivity index (χ3v) is 16.5. The molecule has 6 aromatic heterocycles. The van der Waals surface area contributed by atoms with E-state index in [0.717, 1.165) is 81.5 Å². The number of ether oxygens (including phenoxy) is 1. The predicted molar refractivity (Wildman–Crippen MR) is 310 cm³/mol. The largest absolute Gasteiger partial charge is 0.444 e. The fourth-order valence-electron chi connectivity index (χ4n) is 12.9. The van der Waals surface area contributed by atoms with Crippen LogP contribution in [0.2, 0.25) is 0 Å². The van der Waals surface area contributed by atoms with Crippen LogP contribution in [0, 0.1) is 49.0 Å². The molecule has 4 fully saturated rings. The summed E-state index contributed by atoms with van der Waals surface area (Å²) in [6.45, 7) is 24.7. The molecule has 0 spiro atoms. The van der Waals surface area contributed by atoms with Crippen LogP contribution in [0.3, 0.4) is 0 Å². The quantitative estimate of drug-likeness (QED) is 0.115. The number of imidazole rings is 2. The number of carbonyl (C=O) groups is 1. The number of pyridine rings is 2. The van der Waals surface area contributed by atoms with Crippen molar-refractivity contribution in [2.45, 2.75) is 144 Å². The molecule has 16 nitrogen and oxygen atoms in total. The molecule has 1 N–H and O–H groups in total. The molecule has 20 heteroatoms. The summed E-state index contributed by atoms with van der Waals surface area (Å²) in [5.41, 5.74) is 6.05. The average molecular weight is 1140 g/mol. The van der Waals surface area contributed by atoms with Crippen molar-refractivity contribution in [3.05, 3.63) is 143 Å².